The highest BCUT2D eigenvalue weighted by Crippen LogP contribution is 2.37. The fourth-order valence-electron chi connectivity index (χ4n) is 4.61. The van der Waals surface area contributed by atoms with E-state index >= 15 is 0 Å². The molecule has 1 fully saturated rings. The number of hydrogen-bond acceptors (Lipinski definition) is 5. The zero-order valence-electron chi connectivity index (χ0n) is 19.2. The monoisotopic (exact) mass is 444 g/mol. The maximum Gasteiger partial charge on any atom is 0.261 e. The standard InChI is InChI=1S/C25H36O5Si/c1-24(2,3)31(19-12-8-6-9-13-19,20-14-10-7-11-15-20)28-17-16-22-23(21(27)18-26)30-25(4,5)29-22/h6-15,21-23,26-27H,16-18H2,1-5H3/t21-,22-,23-/m1/s1. The molecule has 1 aliphatic rings. The van der Waals surface area contributed by atoms with Gasteiger partial charge in [-0.1, -0.05) is 81.4 Å². The minimum Gasteiger partial charge on any atom is -0.407 e. The molecule has 0 radical (unpaired) electrons. The third-order valence-electron chi connectivity index (χ3n) is 5.93. The van der Waals surface area contributed by atoms with Crippen molar-refractivity contribution in [2.75, 3.05) is 13.2 Å². The molecule has 2 aromatic carbocycles. The fourth-order valence-corrected chi connectivity index (χ4v) is 9.19. The Balaban J connectivity index is 1.90. The van der Waals surface area contributed by atoms with Gasteiger partial charge in [0.2, 0.25) is 0 Å². The van der Waals surface area contributed by atoms with Crippen LogP contribution in [-0.2, 0) is 13.9 Å². The normalized spacial score (nSPS) is 22.4. The Morgan fingerprint density at radius 3 is 1.94 bits per heavy atom. The predicted octanol–water partition coefficient (Wildman–Crippen LogP) is 2.83. The highest BCUT2D eigenvalue weighted by atomic mass is 28.4. The molecule has 0 unspecified atom stereocenters. The molecule has 0 amide bonds. The van der Waals surface area contributed by atoms with Crippen molar-refractivity contribution in [3.63, 3.8) is 0 Å². The summed E-state index contributed by atoms with van der Waals surface area (Å²) >= 11 is 0. The quantitative estimate of drug-likeness (QED) is 0.613. The van der Waals surface area contributed by atoms with Crippen LogP contribution in [0.2, 0.25) is 5.04 Å². The minimum atomic E-state index is -2.62. The summed E-state index contributed by atoms with van der Waals surface area (Å²) in [4.78, 5) is 0. The zero-order valence-corrected chi connectivity index (χ0v) is 20.2. The summed E-state index contributed by atoms with van der Waals surface area (Å²) < 4.78 is 18.8. The summed E-state index contributed by atoms with van der Waals surface area (Å²) in [5, 5.41) is 22.0. The van der Waals surface area contributed by atoms with E-state index < -0.39 is 26.3 Å². The topological polar surface area (TPSA) is 68.2 Å². The second kappa shape index (κ2) is 9.53. The van der Waals surface area contributed by atoms with Gasteiger partial charge in [0.1, 0.15) is 12.2 Å². The number of benzene rings is 2. The molecule has 3 atom stereocenters. The Labute approximate surface area is 187 Å². The smallest absolute Gasteiger partial charge is 0.261 e. The van der Waals surface area contributed by atoms with E-state index in [1.165, 1.54) is 10.4 Å². The van der Waals surface area contributed by atoms with E-state index in [1.807, 2.05) is 26.0 Å². The SMILES string of the molecule is CC1(C)O[C@H]([C@H](O)CO)[C@@H](CCO[Si](c2ccccc2)(c2ccccc2)C(C)(C)C)O1. The number of hydrogen-bond donors (Lipinski definition) is 2. The number of aliphatic hydroxyl groups excluding tert-OH is 2. The van der Waals surface area contributed by atoms with Gasteiger partial charge in [0.05, 0.1) is 12.7 Å². The van der Waals surface area contributed by atoms with Crippen LogP contribution in [0, 0.1) is 0 Å². The molecule has 0 aromatic heterocycles. The molecule has 5 nitrogen and oxygen atoms in total. The lowest BCUT2D eigenvalue weighted by atomic mass is 10.1. The lowest BCUT2D eigenvalue weighted by Gasteiger charge is -2.43. The summed E-state index contributed by atoms with van der Waals surface area (Å²) in [6, 6.07) is 21.0. The lowest BCUT2D eigenvalue weighted by molar-refractivity contribution is -0.157. The molecule has 1 aliphatic heterocycles. The van der Waals surface area contributed by atoms with Crippen LogP contribution in [-0.4, -0.2) is 55.8 Å². The molecule has 1 saturated heterocycles. The van der Waals surface area contributed by atoms with E-state index in [0.717, 1.165) is 0 Å². The van der Waals surface area contributed by atoms with E-state index in [4.69, 9.17) is 13.9 Å². The minimum absolute atomic E-state index is 0.105. The summed E-state index contributed by atoms with van der Waals surface area (Å²) in [6.45, 7) is 10.5. The Morgan fingerprint density at radius 2 is 1.48 bits per heavy atom. The molecule has 6 heteroatoms. The first-order chi connectivity index (χ1) is 14.6. The molecule has 0 saturated carbocycles. The number of rotatable bonds is 8. The van der Waals surface area contributed by atoms with Gasteiger partial charge in [-0.05, 0) is 35.7 Å². The van der Waals surface area contributed by atoms with Gasteiger partial charge in [-0.15, -0.1) is 0 Å². The second-order valence-electron chi connectivity index (χ2n) is 9.69. The van der Waals surface area contributed by atoms with Gasteiger partial charge >= 0.3 is 0 Å². The summed E-state index contributed by atoms with van der Waals surface area (Å²) in [6.07, 6.45) is -1.35. The summed E-state index contributed by atoms with van der Waals surface area (Å²) in [5.74, 6) is -0.803. The number of aliphatic hydroxyl groups is 2. The van der Waals surface area contributed by atoms with Crippen LogP contribution in [0.15, 0.2) is 60.7 Å². The van der Waals surface area contributed by atoms with Crippen molar-refractivity contribution in [3.05, 3.63) is 60.7 Å². The van der Waals surface area contributed by atoms with Crippen LogP contribution in [0.4, 0.5) is 0 Å². The van der Waals surface area contributed by atoms with Crippen LogP contribution in [0.25, 0.3) is 0 Å². The maximum atomic E-state index is 10.2. The highest BCUT2D eigenvalue weighted by Gasteiger charge is 2.51. The molecule has 1 heterocycles. The first kappa shape index (κ1) is 24.1. The summed E-state index contributed by atoms with van der Waals surface area (Å²) in [5.41, 5.74) is 0. The molecule has 170 valence electrons. The van der Waals surface area contributed by atoms with Gasteiger partial charge in [0.15, 0.2) is 5.79 Å². The third-order valence-corrected chi connectivity index (χ3v) is 11.0. The molecule has 0 bridgehead atoms. The molecule has 2 aromatic rings. The molecular weight excluding hydrogens is 408 g/mol. The van der Waals surface area contributed by atoms with Gasteiger partial charge in [0, 0.05) is 6.61 Å². The van der Waals surface area contributed by atoms with Gasteiger partial charge in [-0.2, -0.15) is 0 Å². The van der Waals surface area contributed by atoms with E-state index in [1.54, 1.807) is 0 Å². The van der Waals surface area contributed by atoms with Gasteiger partial charge < -0.3 is 24.1 Å². The van der Waals surface area contributed by atoms with Crippen molar-refractivity contribution < 1.29 is 24.1 Å². The average molecular weight is 445 g/mol. The average Bonchev–Trinajstić information content (AvgIpc) is 3.05. The van der Waals surface area contributed by atoms with Gasteiger partial charge in [0.25, 0.3) is 8.32 Å². The zero-order chi connectivity index (χ0) is 22.7. The number of ether oxygens (including phenoxy) is 2. The fraction of sp³-hybridized carbons (Fsp3) is 0.520. The highest BCUT2D eigenvalue weighted by molar-refractivity contribution is 6.99. The molecule has 0 aliphatic carbocycles. The molecule has 0 spiro atoms. The van der Waals surface area contributed by atoms with Crippen LogP contribution < -0.4 is 10.4 Å². The van der Waals surface area contributed by atoms with Crippen molar-refractivity contribution in [1.82, 2.24) is 0 Å². The molecule has 2 N–H and O–H groups in total. The largest absolute Gasteiger partial charge is 0.407 e. The van der Waals surface area contributed by atoms with Crippen LogP contribution in [0.1, 0.15) is 41.0 Å². The Morgan fingerprint density at radius 1 is 0.968 bits per heavy atom. The van der Waals surface area contributed by atoms with Crippen molar-refractivity contribution in [2.45, 2.75) is 70.2 Å². The van der Waals surface area contributed by atoms with Crippen molar-refractivity contribution in [1.29, 1.82) is 0 Å². The summed E-state index contributed by atoms with van der Waals surface area (Å²) in [7, 11) is -2.62. The van der Waals surface area contributed by atoms with Gasteiger partial charge in [-0.25, -0.2) is 0 Å². The van der Waals surface area contributed by atoms with Crippen molar-refractivity contribution in [2.24, 2.45) is 0 Å². The van der Waals surface area contributed by atoms with E-state index in [2.05, 4.69) is 69.3 Å². The van der Waals surface area contributed by atoms with E-state index in [0.29, 0.717) is 13.0 Å². The Kier molecular flexibility index (Phi) is 7.41. The van der Waals surface area contributed by atoms with Crippen LogP contribution >= 0.6 is 0 Å². The van der Waals surface area contributed by atoms with Crippen molar-refractivity contribution >= 4 is 18.7 Å². The van der Waals surface area contributed by atoms with E-state index in [-0.39, 0.29) is 17.7 Å². The van der Waals surface area contributed by atoms with Crippen LogP contribution in [0.5, 0.6) is 0 Å². The first-order valence-corrected chi connectivity index (χ1v) is 12.9. The molecular formula is C25H36O5Si. The van der Waals surface area contributed by atoms with Crippen LogP contribution in [0.3, 0.4) is 0 Å². The third kappa shape index (κ3) is 5.11. The van der Waals surface area contributed by atoms with Crippen molar-refractivity contribution in [3.8, 4) is 0 Å². The molecule has 3 rings (SSSR count). The predicted molar refractivity (Wildman–Crippen MR) is 125 cm³/mol. The lowest BCUT2D eigenvalue weighted by Crippen LogP contribution is -2.66. The Hall–Kier alpha value is -1.54. The second-order valence-corrected chi connectivity index (χ2v) is 14.0. The maximum absolute atomic E-state index is 10.2. The molecule has 31 heavy (non-hydrogen) atoms. The first-order valence-electron chi connectivity index (χ1n) is 11.0. The van der Waals surface area contributed by atoms with E-state index in [9.17, 15) is 10.2 Å². The van der Waals surface area contributed by atoms with Gasteiger partial charge in [-0.3, -0.25) is 0 Å². The Bertz CT molecular complexity index is 779.